The minimum absolute atomic E-state index is 0.260. The van der Waals surface area contributed by atoms with E-state index in [-0.39, 0.29) is 5.75 Å². The summed E-state index contributed by atoms with van der Waals surface area (Å²) in [6.45, 7) is 2.30. The predicted molar refractivity (Wildman–Crippen MR) is 114 cm³/mol. The van der Waals surface area contributed by atoms with E-state index in [2.05, 4.69) is 6.92 Å². The van der Waals surface area contributed by atoms with Crippen LogP contribution >= 0.6 is 0 Å². The fourth-order valence-electron chi connectivity index (χ4n) is 5.43. The fourth-order valence-corrected chi connectivity index (χ4v) is 5.43. The van der Waals surface area contributed by atoms with Crippen molar-refractivity contribution in [2.45, 2.75) is 57.8 Å². The molecule has 3 nitrogen and oxygen atoms in total. The summed E-state index contributed by atoms with van der Waals surface area (Å²) in [5.74, 6) is 0.0614. The highest BCUT2D eigenvalue weighted by Gasteiger charge is 2.35. The molecule has 0 saturated heterocycles. The van der Waals surface area contributed by atoms with Crippen LogP contribution in [0.4, 0.5) is 8.78 Å². The van der Waals surface area contributed by atoms with E-state index in [1.807, 2.05) is 12.1 Å². The normalized spacial score (nSPS) is 25.4. The van der Waals surface area contributed by atoms with Crippen molar-refractivity contribution in [3.8, 4) is 11.8 Å². The van der Waals surface area contributed by atoms with Crippen molar-refractivity contribution < 1.29 is 18.3 Å². The number of nitrogens with zero attached hydrogens (tertiary/aromatic N) is 1. The third kappa shape index (κ3) is 4.63. The molecule has 2 saturated carbocycles. The Morgan fingerprint density at radius 2 is 1.68 bits per heavy atom. The SMILES string of the molecule is CC[C@H]1CC[C@@H]2CC(c3ccc(C(=O)Oc4cc(F)c(C#N)c(F)c4)cc3)CC[C@H]2C1. The van der Waals surface area contributed by atoms with Crippen molar-refractivity contribution >= 4 is 5.97 Å². The Morgan fingerprint density at radius 1 is 1.03 bits per heavy atom. The van der Waals surface area contributed by atoms with Crippen molar-refractivity contribution in [2.75, 3.05) is 0 Å². The molecule has 4 rings (SSSR count). The molecular formula is C26H27F2NO2. The number of ether oxygens (including phenoxy) is 1. The molecule has 0 N–H and O–H groups in total. The van der Waals surface area contributed by atoms with Gasteiger partial charge in [-0.25, -0.2) is 13.6 Å². The Balaban J connectivity index is 1.39. The van der Waals surface area contributed by atoms with Crippen LogP contribution in [0, 0.1) is 40.7 Å². The molecule has 2 aliphatic carbocycles. The van der Waals surface area contributed by atoms with Gasteiger partial charge in [-0.15, -0.1) is 0 Å². The zero-order valence-corrected chi connectivity index (χ0v) is 17.7. The smallest absolute Gasteiger partial charge is 0.343 e. The van der Waals surface area contributed by atoms with E-state index in [1.165, 1.54) is 56.6 Å². The average Bonchev–Trinajstić information content (AvgIpc) is 2.78. The van der Waals surface area contributed by atoms with E-state index >= 15 is 0 Å². The number of esters is 1. The number of halogens is 2. The van der Waals surface area contributed by atoms with Crippen LogP contribution in [0.15, 0.2) is 36.4 Å². The third-order valence-corrected chi connectivity index (χ3v) is 7.25. The highest BCUT2D eigenvalue weighted by Crippen LogP contribution is 2.48. The van der Waals surface area contributed by atoms with Crippen molar-refractivity contribution in [1.82, 2.24) is 0 Å². The summed E-state index contributed by atoms with van der Waals surface area (Å²) in [5.41, 5.74) is 0.871. The van der Waals surface area contributed by atoms with Crippen molar-refractivity contribution in [1.29, 1.82) is 5.26 Å². The molecule has 5 heteroatoms. The largest absolute Gasteiger partial charge is 0.423 e. The zero-order chi connectivity index (χ0) is 22.0. The van der Waals surface area contributed by atoms with Crippen molar-refractivity contribution in [3.63, 3.8) is 0 Å². The first-order valence-electron chi connectivity index (χ1n) is 11.2. The molecule has 1 unspecified atom stereocenters. The van der Waals surface area contributed by atoms with Gasteiger partial charge >= 0.3 is 5.97 Å². The van der Waals surface area contributed by atoms with Gasteiger partial charge in [0.1, 0.15) is 29.0 Å². The first-order valence-corrected chi connectivity index (χ1v) is 11.2. The molecule has 2 aliphatic rings. The molecule has 0 amide bonds. The number of nitriles is 1. The number of hydrogen-bond donors (Lipinski definition) is 0. The lowest BCUT2D eigenvalue weighted by Crippen LogP contribution is -2.30. The summed E-state index contributed by atoms with van der Waals surface area (Å²) in [5, 5.41) is 8.73. The van der Waals surface area contributed by atoms with Gasteiger partial charge in [0.25, 0.3) is 0 Å². The summed E-state index contributed by atoms with van der Waals surface area (Å²) >= 11 is 0. The minimum Gasteiger partial charge on any atom is -0.423 e. The van der Waals surface area contributed by atoms with Gasteiger partial charge in [-0.1, -0.05) is 31.9 Å². The number of hydrogen-bond acceptors (Lipinski definition) is 3. The highest BCUT2D eigenvalue weighted by molar-refractivity contribution is 5.91. The van der Waals surface area contributed by atoms with E-state index in [9.17, 15) is 13.6 Å². The molecule has 2 fully saturated rings. The van der Waals surface area contributed by atoms with Crippen LogP contribution in [0.3, 0.4) is 0 Å². The molecule has 4 atom stereocenters. The number of carbonyl (C=O) groups excluding carboxylic acids is 1. The first-order chi connectivity index (χ1) is 15.0. The van der Waals surface area contributed by atoms with Crippen LogP contribution in [0.5, 0.6) is 5.75 Å². The predicted octanol–water partition coefficient (Wildman–Crippen LogP) is 6.77. The summed E-state index contributed by atoms with van der Waals surface area (Å²) in [4.78, 5) is 12.4. The maximum atomic E-state index is 13.7. The number of rotatable bonds is 4. The van der Waals surface area contributed by atoms with E-state index in [1.54, 1.807) is 12.1 Å². The summed E-state index contributed by atoms with van der Waals surface area (Å²) in [7, 11) is 0. The molecule has 0 spiro atoms. The average molecular weight is 424 g/mol. The number of carbonyl (C=O) groups is 1. The maximum absolute atomic E-state index is 13.7. The molecule has 0 aromatic heterocycles. The molecule has 31 heavy (non-hydrogen) atoms. The van der Waals surface area contributed by atoms with Gasteiger partial charge in [0.05, 0.1) is 5.56 Å². The van der Waals surface area contributed by atoms with E-state index in [4.69, 9.17) is 10.00 Å². The standard InChI is InChI=1S/C26H27F2NO2/c1-2-16-3-4-21-12-20(10-9-19(21)11-16)17-5-7-18(8-6-17)26(30)31-22-13-24(27)23(15-29)25(28)14-22/h5-8,13-14,16,19-21H,2-4,9-12H2,1H3/t16-,19-,20?,21+/m0/s1. The van der Waals surface area contributed by atoms with Gasteiger partial charge in [0.15, 0.2) is 0 Å². The van der Waals surface area contributed by atoms with E-state index < -0.39 is 23.2 Å². The Bertz CT molecular complexity index is 972. The molecule has 2 aromatic rings. The summed E-state index contributed by atoms with van der Waals surface area (Å²) < 4.78 is 32.6. The van der Waals surface area contributed by atoms with Crippen LogP contribution < -0.4 is 4.74 Å². The Labute approximate surface area is 182 Å². The molecule has 162 valence electrons. The lowest BCUT2D eigenvalue weighted by molar-refractivity contribution is 0.0734. The molecule has 0 radical (unpaired) electrons. The van der Waals surface area contributed by atoms with Crippen LogP contribution in [0.1, 0.15) is 79.3 Å². The van der Waals surface area contributed by atoms with Gasteiger partial charge in [-0.2, -0.15) is 5.26 Å². The van der Waals surface area contributed by atoms with Crippen LogP contribution in [-0.4, -0.2) is 5.97 Å². The molecule has 0 aliphatic heterocycles. The lowest BCUT2D eigenvalue weighted by atomic mass is 9.63. The van der Waals surface area contributed by atoms with E-state index in [0.29, 0.717) is 11.5 Å². The van der Waals surface area contributed by atoms with Crippen LogP contribution in [-0.2, 0) is 0 Å². The third-order valence-electron chi connectivity index (χ3n) is 7.25. The first kappa shape index (κ1) is 21.5. The second-order valence-electron chi connectivity index (χ2n) is 9.00. The van der Waals surface area contributed by atoms with Crippen molar-refractivity contribution in [2.24, 2.45) is 17.8 Å². The van der Waals surface area contributed by atoms with Gasteiger partial charge in [-0.3, -0.25) is 0 Å². The summed E-state index contributed by atoms with van der Waals surface area (Å²) in [6.07, 6.45) is 9.06. The van der Waals surface area contributed by atoms with Gasteiger partial charge < -0.3 is 4.74 Å². The molecule has 0 heterocycles. The monoisotopic (exact) mass is 423 g/mol. The van der Waals surface area contributed by atoms with E-state index in [0.717, 1.165) is 29.9 Å². The molecular weight excluding hydrogens is 396 g/mol. The van der Waals surface area contributed by atoms with Crippen LogP contribution in [0.25, 0.3) is 0 Å². The second-order valence-corrected chi connectivity index (χ2v) is 9.00. The molecule has 0 bridgehead atoms. The topological polar surface area (TPSA) is 50.1 Å². The summed E-state index contributed by atoms with van der Waals surface area (Å²) in [6, 6.07) is 10.5. The van der Waals surface area contributed by atoms with Gasteiger partial charge in [0.2, 0.25) is 0 Å². The maximum Gasteiger partial charge on any atom is 0.343 e. The lowest BCUT2D eigenvalue weighted by Gasteiger charge is -2.42. The minimum atomic E-state index is -1.05. The molecule has 2 aromatic carbocycles. The van der Waals surface area contributed by atoms with Crippen LogP contribution in [0.2, 0.25) is 0 Å². The highest BCUT2D eigenvalue weighted by atomic mass is 19.1. The quantitative estimate of drug-likeness (QED) is 0.403. The Morgan fingerprint density at radius 3 is 2.32 bits per heavy atom. The second kappa shape index (κ2) is 9.18. The Kier molecular flexibility index (Phi) is 6.36. The Hall–Kier alpha value is -2.74. The van der Waals surface area contributed by atoms with Crippen molar-refractivity contribution in [3.05, 3.63) is 64.7 Å². The number of benzene rings is 2. The zero-order valence-electron chi connectivity index (χ0n) is 17.7. The number of fused-ring (bicyclic) bond motifs is 1. The van der Waals surface area contributed by atoms with Gasteiger partial charge in [0, 0.05) is 12.1 Å². The fraction of sp³-hybridized carbons (Fsp3) is 0.462. The van der Waals surface area contributed by atoms with Gasteiger partial charge in [-0.05, 0) is 73.5 Å².